The molecule has 0 bridgehead atoms. The minimum atomic E-state index is 0.245. The molecule has 2 aromatic rings. The summed E-state index contributed by atoms with van der Waals surface area (Å²) >= 11 is 2.34. The molecule has 4 nitrogen and oxygen atoms in total. The van der Waals surface area contributed by atoms with Gasteiger partial charge in [0.2, 0.25) is 5.88 Å². The van der Waals surface area contributed by atoms with Crippen LogP contribution in [-0.2, 0) is 6.42 Å². The number of rotatable bonds is 6. The Balaban J connectivity index is 2.20. The number of ether oxygens (including phenoxy) is 1. The molecule has 1 N–H and O–H groups in total. The Bertz CT molecular complexity index is 562. The van der Waals surface area contributed by atoms with Crippen molar-refractivity contribution >= 4 is 22.6 Å². The summed E-state index contributed by atoms with van der Waals surface area (Å²) in [6.45, 7) is 3.03. The number of benzene rings is 1. The van der Waals surface area contributed by atoms with Crippen LogP contribution in [0, 0.1) is 3.57 Å². The van der Waals surface area contributed by atoms with Crippen molar-refractivity contribution in [1.82, 2.24) is 15.3 Å². The highest BCUT2D eigenvalue weighted by atomic mass is 127. The molecule has 0 amide bonds. The van der Waals surface area contributed by atoms with Crippen LogP contribution >= 0.6 is 22.6 Å². The molecule has 0 aliphatic rings. The van der Waals surface area contributed by atoms with Crippen LogP contribution in [0.15, 0.2) is 36.7 Å². The van der Waals surface area contributed by atoms with Gasteiger partial charge in [0.15, 0.2) is 0 Å². The molecule has 0 fully saturated rings. The molecule has 0 saturated heterocycles. The highest BCUT2D eigenvalue weighted by Crippen LogP contribution is 2.20. The SMILES string of the molecule is CCNC(Cc1cc(OC)ncn1)c1cccc(I)c1. The number of nitrogens with zero attached hydrogens (tertiary/aromatic N) is 2. The molecule has 0 aliphatic carbocycles. The van der Waals surface area contributed by atoms with Gasteiger partial charge in [-0.1, -0.05) is 19.1 Å². The van der Waals surface area contributed by atoms with Crippen LogP contribution in [-0.4, -0.2) is 23.6 Å². The fourth-order valence-corrected chi connectivity index (χ4v) is 2.65. The van der Waals surface area contributed by atoms with Crippen LogP contribution in [0.3, 0.4) is 0 Å². The number of hydrogen-bond donors (Lipinski definition) is 1. The first-order chi connectivity index (χ1) is 9.72. The summed E-state index contributed by atoms with van der Waals surface area (Å²) in [4.78, 5) is 8.37. The molecule has 106 valence electrons. The molecule has 1 aromatic carbocycles. The molecule has 0 saturated carbocycles. The summed E-state index contributed by atoms with van der Waals surface area (Å²) in [5, 5.41) is 3.51. The first-order valence-electron chi connectivity index (χ1n) is 6.56. The van der Waals surface area contributed by atoms with Crippen molar-refractivity contribution in [2.45, 2.75) is 19.4 Å². The van der Waals surface area contributed by atoms with Gasteiger partial charge in [0.1, 0.15) is 6.33 Å². The van der Waals surface area contributed by atoms with E-state index in [1.807, 2.05) is 6.07 Å². The van der Waals surface area contributed by atoms with Crippen LogP contribution in [0.5, 0.6) is 5.88 Å². The van der Waals surface area contributed by atoms with Gasteiger partial charge in [-0.2, -0.15) is 0 Å². The molecule has 20 heavy (non-hydrogen) atoms. The van der Waals surface area contributed by atoms with Crippen molar-refractivity contribution in [3.63, 3.8) is 0 Å². The average molecular weight is 383 g/mol. The third-order valence-electron chi connectivity index (χ3n) is 3.02. The van der Waals surface area contributed by atoms with Crippen molar-refractivity contribution in [3.8, 4) is 5.88 Å². The number of nitrogens with one attached hydrogen (secondary N) is 1. The van der Waals surface area contributed by atoms with Gasteiger partial charge in [0.05, 0.1) is 7.11 Å². The monoisotopic (exact) mass is 383 g/mol. The van der Waals surface area contributed by atoms with Gasteiger partial charge in [-0.3, -0.25) is 0 Å². The Morgan fingerprint density at radius 1 is 1.30 bits per heavy atom. The van der Waals surface area contributed by atoms with E-state index in [-0.39, 0.29) is 6.04 Å². The predicted molar refractivity (Wildman–Crippen MR) is 87.9 cm³/mol. The topological polar surface area (TPSA) is 47.0 Å². The predicted octanol–water partition coefficient (Wildman–Crippen LogP) is 2.98. The molecule has 0 spiro atoms. The molecule has 2 rings (SSSR count). The summed E-state index contributed by atoms with van der Waals surface area (Å²) in [6.07, 6.45) is 2.36. The number of aromatic nitrogens is 2. The van der Waals surface area contributed by atoms with E-state index in [1.165, 1.54) is 9.13 Å². The van der Waals surface area contributed by atoms with Crippen molar-refractivity contribution in [1.29, 1.82) is 0 Å². The molecule has 1 unspecified atom stereocenters. The van der Waals surface area contributed by atoms with Gasteiger partial charge in [-0.05, 0) is 46.8 Å². The van der Waals surface area contributed by atoms with E-state index in [2.05, 4.69) is 69.1 Å². The number of halogens is 1. The lowest BCUT2D eigenvalue weighted by atomic mass is 10.0. The zero-order valence-corrected chi connectivity index (χ0v) is 13.8. The van der Waals surface area contributed by atoms with E-state index >= 15 is 0 Å². The highest BCUT2D eigenvalue weighted by Gasteiger charge is 2.13. The molecule has 0 radical (unpaired) electrons. The maximum Gasteiger partial charge on any atom is 0.216 e. The van der Waals surface area contributed by atoms with Gasteiger partial charge in [-0.15, -0.1) is 0 Å². The van der Waals surface area contributed by atoms with E-state index in [1.54, 1.807) is 13.4 Å². The third-order valence-corrected chi connectivity index (χ3v) is 3.69. The standard InChI is InChI=1S/C15H18IN3O/c1-3-17-14(11-5-4-6-12(16)7-11)8-13-9-15(20-2)19-10-18-13/h4-7,9-10,14,17H,3,8H2,1-2H3. The number of methoxy groups -OCH3 is 1. The molecular formula is C15H18IN3O. The molecule has 1 aromatic heterocycles. The number of hydrogen-bond acceptors (Lipinski definition) is 4. The summed E-state index contributed by atoms with van der Waals surface area (Å²) in [5.74, 6) is 0.605. The average Bonchev–Trinajstić information content (AvgIpc) is 2.47. The van der Waals surface area contributed by atoms with Crippen LogP contribution in [0.2, 0.25) is 0 Å². The molecular weight excluding hydrogens is 365 g/mol. The first kappa shape index (κ1) is 15.2. The Morgan fingerprint density at radius 3 is 2.85 bits per heavy atom. The van der Waals surface area contributed by atoms with E-state index in [0.29, 0.717) is 5.88 Å². The lowest BCUT2D eigenvalue weighted by Gasteiger charge is -2.18. The second-order valence-electron chi connectivity index (χ2n) is 4.42. The van der Waals surface area contributed by atoms with E-state index in [0.717, 1.165) is 18.7 Å². The van der Waals surface area contributed by atoms with E-state index in [9.17, 15) is 0 Å². The van der Waals surface area contributed by atoms with Gasteiger partial charge in [0, 0.05) is 27.8 Å². The molecule has 5 heteroatoms. The van der Waals surface area contributed by atoms with E-state index < -0.39 is 0 Å². The highest BCUT2D eigenvalue weighted by molar-refractivity contribution is 14.1. The molecule has 1 atom stereocenters. The van der Waals surface area contributed by atoms with Crippen molar-refractivity contribution in [2.75, 3.05) is 13.7 Å². The fraction of sp³-hybridized carbons (Fsp3) is 0.333. The minimum Gasteiger partial charge on any atom is -0.481 e. The van der Waals surface area contributed by atoms with Crippen LogP contribution < -0.4 is 10.1 Å². The lowest BCUT2D eigenvalue weighted by Crippen LogP contribution is -2.23. The van der Waals surface area contributed by atoms with Crippen molar-refractivity contribution in [3.05, 3.63) is 51.5 Å². The van der Waals surface area contributed by atoms with Crippen molar-refractivity contribution in [2.24, 2.45) is 0 Å². The second kappa shape index (κ2) is 7.54. The van der Waals surface area contributed by atoms with Gasteiger partial charge >= 0.3 is 0 Å². The van der Waals surface area contributed by atoms with Crippen LogP contribution in [0.4, 0.5) is 0 Å². The molecule has 1 heterocycles. The largest absolute Gasteiger partial charge is 0.481 e. The smallest absolute Gasteiger partial charge is 0.216 e. The van der Waals surface area contributed by atoms with Crippen LogP contribution in [0.25, 0.3) is 0 Å². The maximum absolute atomic E-state index is 5.15. The zero-order valence-electron chi connectivity index (χ0n) is 11.6. The van der Waals surface area contributed by atoms with Gasteiger partial charge in [0.25, 0.3) is 0 Å². The molecule has 0 aliphatic heterocycles. The summed E-state index contributed by atoms with van der Waals surface area (Å²) in [6, 6.07) is 10.7. The Hall–Kier alpha value is -1.21. The van der Waals surface area contributed by atoms with E-state index in [4.69, 9.17) is 4.74 Å². The van der Waals surface area contributed by atoms with Gasteiger partial charge in [-0.25, -0.2) is 9.97 Å². The Morgan fingerprint density at radius 2 is 2.15 bits per heavy atom. The quantitative estimate of drug-likeness (QED) is 0.780. The second-order valence-corrected chi connectivity index (χ2v) is 5.67. The summed E-state index contributed by atoms with van der Waals surface area (Å²) in [7, 11) is 1.62. The fourth-order valence-electron chi connectivity index (χ4n) is 2.09. The first-order valence-corrected chi connectivity index (χ1v) is 7.64. The normalized spacial score (nSPS) is 12.2. The minimum absolute atomic E-state index is 0.245. The van der Waals surface area contributed by atoms with Crippen molar-refractivity contribution < 1.29 is 4.74 Å². The number of likely N-dealkylation sites (N-methyl/N-ethyl adjacent to an activating group) is 1. The van der Waals surface area contributed by atoms with Gasteiger partial charge < -0.3 is 10.1 Å². The third kappa shape index (κ3) is 4.14. The lowest BCUT2D eigenvalue weighted by molar-refractivity contribution is 0.395. The maximum atomic E-state index is 5.15. The Labute approximate surface area is 133 Å². The Kier molecular flexibility index (Phi) is 5.72. The summed E-state index contributed by atoms with van der Waals surface area (Å²) < 4.78 is 6.39. The van der Waals surface area contributed by atoms with Crippen LogP contribution in [0.1, 0.15) is 24.2 Å². The zero-order chi connectivity index (χ0) is 14.4. The summed E-state index contributed by atoms with van der Waals surface area (Å²) in [5.41, 5.74) is 2.25.